The quantitative estimate of drug-likeness (QED) is 0.873. The first-order valence-electron chi connectivity index (χ1n) is 5.78. The zero-order chi connectivity index (χ0) is 13.8. The lowest BCUT2D eigenvalue weighted by Crippen LogP contribution is -2.26. The van der Waals surface area contributed by atoms with Crippen LogP contribution in [0.3, 0.4) is 0 Å². The predicted octanol–water partition coefficient (Wildman–Crippen LogP) is 1.98. The molecule has 0 aliphatic carbocycles. The average Bonchev–Trinajstić information content (AvgIpc) is 2.40. The summed E-state index contributed by atoms with van der Waals surface area (Å²) in [5, 5.41) is 0. The largest absolute Gasteiger partial charge is 0.492 e. The molecule has 2 aromatic rings. The Bertz CT molecular complexity index is 623. The molecule has 0 fully saturated rings. The van der Waals surface area contributed by atoms with Crippen molar-refractivity contribution in [3.05, 3.63) is 51.1 Å². The van der Waals surface area contributed by atoms with Gasteiger partial charge in [-0.3, -0.25) is 9.36 Å². The van der Waals surface area contributed by atoms with Gasteiger partial charge in [0.15, 0.2) is 0 Å². The summed E-state index contributed by atoms with van der Waals surface area (Å²) in [6.45, 7) is 2.63. The number of ether oxygens (including phenoxy) is 1. The average molecular weight is 324 g/mol. The molecule has 0 radical (unpaired) electrons. The van der Waals surface area contributed by atoms with E-state index in [1.807, 2.05) is 0 Å². The van der Waals surface area contributed by atoms with Crippen molar-refractivity contribution in [1.29, 1.82) is 0 Å². The third kappa shape index (κ3) is 3.35. The fourth-order valence-electron chi connectivity index (χ4n) is 1.63. The molecular weight excluding hydrogens is 310 g/mol. The van der Waals surface area contributed by atoms with Crippen molar-refractivity contribution in [3.63, 3.8) is 0 Å². The summed E-state index contributed by atoms with van der Waals surface area (Å²) in [6, 6.07) is 7.13. The van der Waals surface area contributed by atoms with Crippen LogP contribution in [0.5, 0.6) is 5.75 Å². The SMILES string of the molecule is Cc1ncc(Br)c(=O)n1CCOc1ccc(N)cc1. The van der Waals surface area contributed by atoms with Crippen molar-refractivity contribution >= 4 is 21.6 Å². The number of nitrogens with zero attached hydrogens (tertiary/aromatic N) is 2. The molecule has 0 spiro atoms. The summed E-state index contributed by atoms with van der Waals surface area (Å²) in [5.41, 5.74) is 6.18. The first kappa shape index (κ1) is 13.6. The third-order valence-corrected chi connectivity index (χ3v) is 3.21. The van der Waals surface area contributed by atoms with Crippen molar-refractivity contribution in [2.24, 2.45) is 0 Å². The number of benzene rings is 1. The van der Waals surface area contributed by atoms with Crippen LogP contribution in [0.1, 0.15) is 5.82 Å². The number of aromatic nitrogens is 2. The van der Waals surface area contributed by atoms with Crippen molar-refractivity contribution in [2.75, 3.05) is 12.3 Å². The van der Waals surface area contributed by atoms with E-state index >= 15 is 0 Å². The Hall–Kier alpha value is -1.82. The monoisotopic (exact) mass is 323 g/mol. The summed E-state index contributed by atoms with van der Waals surface area (Å²) in [4.78, 5) is 16.0. The van der Waals surface area contributed by atoms with Gasteiger partial charge in [0, 0.05) is 11.9 Å². The highest BCUT2D eigenvalue weighted by molar-refractivity contribution is 9.10. The van der Waals surface area contributed by atoms with Gasteiger partial charge in [0.1, 0.15) is 22.7 Å². The lowest BCUT2D eigenvalue weighted by Gasteiger charge is -2.10. The number of anilines is 1. The first-order chi connectivity index (χ1) is 9.08. The van der Waals surface area contributed by atoms with Gasteiger partial charge in [-0.25, -0.2) is 4.98 Å². The van der Waals surface area contributed by atoms with Gasteiger partial charge in [0.25, 0.3) is 5.56 Å². The summed E-state index contributed by atoms with van der Waals surface area (Å²) < 4.78 is 7.58. The smallest absolute Gasteiger partial charge is 0.267 e. The topological polar surface area (TPSA) is 70.1 Å². The highest BCUT2D eigenvalue weighted by Gasteiger charge is 2.05. The predicted molar refractivity (Wildman–Crippen MR) is 77.3 cm³/mol. The maximum Gasteiger partial charge on any atom is 0.267 e. The highest BCUT2D eigenvalue weighted by atomic mass is 79.9. The first-order valence-corrected chi connectivity index (χ1v) is 6.57. The standard InChI is InChI=1S/C13H14BrN3O2/c1-9-16-8-12(14)13(18)17(9)6-7-19-11-4-2-10(15)3-5-11/h2-5,8H,6-7,15H2,1H3. The van der Waals surface area contributed by atoms with E-state index in [1.54, 1.807) is 35.8 Å². The van der Waals surface area contributed by atoms with Crippen molar-refractivity contribution in [3.8, 4) is 5.75 Å². The number of hydrogen-bond acceptors (Lipinski definition) is 4. The van der Waals surface area contributed by atoms with Gasteiger partial charge in [-0.05, 0) is 47.1 Å². The van der Waals surface area contributed by atoms with E-state index in [0.29, 0.717) is 29.1 Å². The number of hydrogen-bond donors (Lipinski definition) is 1. The normalized spacial score (nSPS) is 10.4. The number of halogens is 1. The van der Waals surface area contributed by atoms with Crippen LogP contribution in [-0.2, 0) is 6.54 Å². The molecule has 1 aromatic carbocycles. The van der Waals surface area contributed by atoms with Crippen LogP contribution in [0.15, 0.2) is 39.7 Å². The minimum Gasteiger partial charge on any atom is -0.492 e. The van der Waals surface area contributed by atoms with Crippen LogP contribution in [0, 0.1) is 6.92 Å². The molecule has 2 rings (SSSR count). The Balaban J connectivity index is 2.02. The van der Waals surface area contributed by atoms with E-state index in [4.69, 9.17) is 10.5 Å². The van der Waals surface area contributed by atoms with E-state index in [2.05, 4.69) is 20.9 Å². The lowest BCUT2D eigenvalue weighted by molar-refractivity contribution is 0.294. The molecule has 0 bridgehead atoms. The molecule has 100 valence electrons. The molecule has 1 aromatic heterocycles. The van der Waals surface area contributed by atoms with Gasteiger partial charge in [0.2, 0.25) is 0 Å². The zero-order valence-electron chi connectivity index (χ0n) is 10.5. The van der Waals surface area contributed by atoms with Crippen molar-refractivity contribution in [2.45, 2.75) is 13.5 Å². The fourth-order valence-corrected chi connectivity index (χ4v) is 1.95. The highest BCUT2D eigenvalue weighted by Crippen LogP contribution is 2.13. The third-order valence-electron chi connectivity index (χ3n) is 2.67. The number of nitrogens with two attached hydrogens (primary N) is 1. The van der Waals surface area contributed by atoms with Gasteiger partial charge in [0.05, 0.1) is 6.54 Å². The Kier molecular flexibility index (Phi) is 4.21. The Morgan fingerprint density at radius 2 is 2.05 bits per heavy atom. The fraction of sp³-hybridized carbons (Fsp3) is 0.231. The van der Waals surface area contributed by atoms with E-state index in [-0.39, 0.29) is 5.56 Å². The van der Waals surface area contributed by atoms with Gasteiger partial charge < -0.3 is 10.5 Å². The van der Waals surface area contributed by atoms with Gasteiger partial charge >= 0.3 is 0 Å². The van der Waals surface area contributed by atoms with E-state index in [0.717, 1.165) is 5.75 Å². The van der Waals surface area contributed by atoms with Crippen LogP contribution >= 0.6 is 15.9 Å². The second-order valence-electron chi connectivity index (χ2n) is 4.03. The van der Waals surface area contributed by atoms with E-state index in [9.17, 15) is 4.79 Å². The van der Waals surface area contributed by atoms with Crippen LogP contribution in [0.25, 0.3) is 0 Å². The van der Waals surface area contributed by atoms with Crippen LogP contribution in [-0.4, -0.2) is 16.2 Å². The number of nitrogen functional groups attached to an aromatic ring is 1. The van der Waals surface area contributed by atoms with Gasteiger partial charge in [-0.15, -0.1) is 0 Å². The molecule has 5 nitrogen and oxygen atoms in total. The maximum atomic E-state index is 11.9. The molecule has 0 amide bonds. The van der Waals surface area contributed by atoms with Crippen LogP contribution in [0.2, 0.25) is 0 Å². The Labute approximate surface area is 119 Å². The molecule has 6 heteroatoms. The van der Waals surface area contributed by atoms with E-state index < -0.39 is 0 Å². The molecule has 0 aliphatic heterocycles. The molecule has 2 N–H and O–H groups in total. The summed E-state index contributed by atoms with van der Waals surface area (Å²) in [7, 11) is 0. The molecule has 19 heavy (non-hydrogen) atoms. The molecule has 0 atom stereocenters. The molecule has 1 heterocycles. The molecule has 0 saturated heterocycles. The minimum atomic E-state index is -0.103. The van der Waals surface area contributed by atoms with Crippen LogP contribution in [0.4, 0.5) is 5.69 Å². The van der Waals surface area contributed by atoms with Gasteiger partial charge in [-0.2, -0.15) is 0 Å². The molecule has 0 unspecified atom stereocenters. The summed E-state index contributed by atoms with van der Waals surface area (Å²) in [5.74, 6) is 1.39. The van der Waals surface area contributed by atoms with Crippen molar-refractivity contribution in [1.82, 2.24) is 9.55 Å². The molecule has 0 saturated carbocycles. The maximum absolute atomic E-state index is 11.9. The van der Waals surface area contributed by atoms with Crippen molar-refractivity contribution < 1.29 is 4.74 Å². The number of aryl methyl sites for hydroxylation is 1. The van der Waals surface area contributed by atoms with Crippen LogP contribution < -0.4 is 16.0 Å². The minimum absolute atomic E-state index is 0.103. The van der Waals surface area contributed by atoms with Gasteiger partial charge in [-0.1, -0.05) is 0 Å². The second kappa shape index (κ2) is 5.88. The molecular formula is C13H14BrN3O2. The zero-order valence-corrected chi connectivity index (χ0v) is 12.1. The number of rotatable bonds is 4. The molecule has 0 aliphatic rings. The Morgan fingerprint density at radius 1 is 1.37 bits per heavy atom. The Morgan fingerprint density at radius 3 is 2.74 bits per heavy atom. The summed E-state index contributed by atoms with van der Waals surface area (Å²) >= 11 is 3.17. The summed E-state index contributed by atoms with van der Waals surface area (Å²) in [6.07, 6.45) is 1.51. The lowest BCUT2D eigenvalue weighted by atomic mass is 10.3. The second-order valence-corrected chi connectivity index (χ2v) is 4.88. The van der Waals surface area contributed by atoms with E-state index in [1.165, 1.54) is 6.20 Å².